The molecule has 0 saturated heterocycles. The quantitative estimate of drug-likeness (QED) is 0.498. The van der Waals surface area contributed by atoms with Crippen LogP contribution < -0.4 is 9.62 Å². The third-order valence-electron chi connectivity index (χ3n) is 5.34. The number of sulfonamides is 1. The van der Waals surface area contributed by atoms with Crippen molar-refractivity contribution in [1.29, 1.82) is 0 Å². The van der Waals surface area contributed by atoms with Gasteiger partial charge in [0.2, 0.25) is 21.8 Å². The monoisotopic (exact) mass is 507 g/mol. The van der Waals surface area contributed by atoms with E-state index in [1.54, 1.807) is 24.3 Å². The summed E-state index contributed by atoms with van der Waals surface area (Å²) in [6.45, 7) is 7.96. The van der Waals surface area contributed by atoms with Gasteiger partial charge in [-0.2, -0.15) is 0 Å². The number of hydrogen-bond donors (Lipinski definition) is 1. The van der Waals surface area contributed by atoms with Gasteiger partial charge in [0, 0.05) is 13.1 Å². The van der Waals surface area contributed by atoms with E-state index in [-0.39, 0.29) is 29.1 Å². The number of anilines is 1. The summed E-state index contributed by atoms with van der Waals surface area (Å²) in [6.07, 6.45) is 1.41. The van der Waals surface area contributed by atoms with Crippen LogP contribution in [0.2, 0.25) is 5.02 Å². The number of benzene rings is 2. The van der Waals surface area contributed by atoms with Gasteiger partial charge in [-0.3, -0.25) is 13.9 Å². The Bertz CT molecular complexity index is 1090. The lowest BCUT2D eigenvalue weighted by Gasteiger charge is -2.33. The molecule has 186 valence electrons. The zero-order valence-corrected chi connectivity index (χ0v) is 22.0. The number of aryl methyl sites for hydroxylation is 1. The summed E-state index contributed by atoms with van der Waals surface area (Å²) in [5, 5.41) is 3.12. The van der Waals surface area contributed by atoms with Crippen LogP contribution in [0.1, 0.15) is 38.3 Å². The fourth-order valence-corrected chi connectivity index (χ4v) is 4.63. The van der Waals surface area contributed by atoms with E-state index in [4.69, 9.17) is 11.6 Å². The molecule has 1 N–H and O–H groups in total. The van der Waals surface area contributed by atoms with E-state index in [9.17, 15) is 18.0 Å². The van der Waals surface area contributed by atoms with Crippen LogP contribution in [0, 0.1) is 12.8 Å². The van der Waals surface area contributed by atoms with Crippen molar-refractivity contribution in [2.45, 2.75) is 46.7 Å². The first kappa shape index (κ1) is 27.7. The molecule has 2 rings (SSSR count). The first-order chi connectivity index (χ1) is 15.9. The molecule has 0 aliphatic carbocycles. The molecule has 0 aromatic heterocycles. The lowest BCUT2D eigenvalue weighted by atomic mass is 10.1. The average Bonchev–Trinajstić information content (AvgIpc) is 2.77. The summed E-state index contributed by atoms with van der Waals surface area (Å²) in [5.74, 6) is -0.499. The zero-order chi connectivity index (χ0) is 25.5. The lowest BCUT2D eigenvalue weighted by Crippen LogP contribution is -2.52. The van der Waals surface area contributed by atoms with E-state index in [1.165, 1.54) is 4.90 Å². The van der Waals surface area contributed by atoms with Crippen LogP contribution in [0.5, 0.6) is 0 Å². The summed E-state index contributed by atoms with van der Waals surface area (Å²) in [6, 6.07) is 13.4. The second kappa shape index (κ2) is 12.2. The first-order valence-electron chi connectivity index (χ1n) is 11.3. The number of hydrogen-bond acceptors (Lipinski definition) is 4. The predicted octanol–water partition coefficient (Wildman–Crippen LogP) is 3.99. The number of halogens is 1. The molecule has 2 aromatic rings. The maximum atomic E-state index is 13.6. The van der Waals surface area contributed by atoms with Crippen LogP contribution in [0.15, 0.2) is 48.5 Å². The highest BCUT2D eigenvalue weighted by Crippen LogP contribution is 2.27. The molecule has 9 heteroatoms. The summed E-state index contributed by atoms with van der Waals surface area (Å²) in [4.78, 5) is 28.1. The molecular weight excluding hydrogens is 474 g/mol. The third kappa shape index (κ3) is 7.74. The van der Waals surface area contributed by atoms with Crippen LogP contribution in [0.4, 0.5) is 5.69 Å². The minimum Gasteiger partial charge on any atom is -0.354 e. The van der Waals surface area contributed by atoms with Crippen LogP contribution in [-0.2, 0) is 26.2 Å². The van der Waals surface area contributed by atoms with Gasteiger partial charge in [-0.25, -0.2) is 8.42 Å². The van der Waals surface area contributed by atoms with Crippen LogP contribution in [0.3, 0.4) is 0 Å². The highest BCUT2D eigenvalue weighted by Gasteiger charge is 2.32. The Labute approximate surface area is 208 Å². The van der Waals surface area contributed by atoms with Gasteiger partial charge in [0.15, 0.2) is 0 Å². The number of carbonyl (C=O) groups is 2. The largest absolute Gasteiger partial charge is 0.354 e. The van der Waals surface area contributed by atoms with Gasteiger partial charge in [-0.15, -0.1) is 0 Å². The molecule has 0 unspecified atom stereocenters. The molecule has 0 saturated carbocycles. The summed E-state index contributed by atoms with van der Waals surface area (Å²) >= 11 is 6.25. The van der Waals surface area contributed by atoms with Crippen molar-refractivity contribution >= 4 is 39.1 Å². The second-order valence-corrected chi connectivity index (χ2v) is 11.1. The Morgan fingerprint density at radius 3 is 2.21 bits per heavy atom. The first-order valence-corrected chi connectivity index (χ1v) is 13.5. The molecule has 0 spiro atoms. The number of nitrogens with zero attached hydrogens (tertiary/aromatic N) is 2. The highest BCUT2D eigenvalue weighted by atomic mass is 35.5. The van der Waals surface area contributed by atoms with Gasteiger partial charge >= 0.3 is 0 Å². The Kier molecular flexibility index (Phi) is 9.94. The van der Waals surface area contributed by atoms with E-state index in [2.05, 4.69) is 5.32 Å². The summed E-state index contributed by atoms with van der Waals surface area (Å²) in [5.41, 5.74) is 2.13. The Morgan fingerprint density at radius 2 is 1.68 bits per heavy atom. The molecule has 2 amide bonds. The highest BCUT2D eigenvalue weighted by molar-refractivity contribution is 7.92. The molecule has 0 bridgehead atoms. The van der Waals surface area contributed by atoms with Gasteiger partial charge in [0.25, 0.3) is 0 Å². The van der Waals surface area contributed by atoms with Crippen molar-refractivity contribution in [1.82, 2.24) is 10.2 Å². The fraction of sp³-hybridized carbons (Fsp3) is 0.440. The molecule has 0 radical (unpaired) electrons. The zero-order valence-electron chi connectivity index (χ0n) is 20.4. The van der Waals surface area contributed by atoms with E-state index < -0.39 is 28.5 Å². The van der Waals surface area contributed by atoms with Crippen molar-refractivity contribution in [2.24, 2.45) is 5.92 Å². The van der Waals surface area contributed by atoms with Crippen molar-refractivity contribution in [3.8, 4) is 0 Å². The van der Waals surface area contributed by atoms with Gasteiger partial charge in [0.05, 0.1) is 17.0 Å². The van der Waals surface area contributed by atoms with E-state index in [0.29, 0.717) is 13.0 Å². The van der Waals surface area contributed by atoms with Gasteiger partial charge in [0.1, 0.15) is 12.6 Å². The molecule has 0 aliphatic heterocycles. The smallest absolute Gasteiger partial charge is 0.244 e. The SMILES string of the molecule is CC[C@@H](C(=O)NCC(C)C)N(Cc1ccc(C)cc1)C(=O)CN(c1ccccc1Cl)S(C)(=O)=O. The van der Waals surface area contributed by atoms with E-state index in [0.717, 1.165) is 21.7 Å². The molecule has 2 aromatic carbocycles. The van der Waals surface area contributed by atoms with Crippen molar-refractivity contribution < 1.29 is 18.0 Å². The van der Waals surface area contributed by atoms with Crippen LogP contribution in [-0.4, -0.2) is 50.5 Å². The van der Waals surface area contributed by atoms with Gasteiger partial charge < -0.3 is 10.2 Å². The van der Waals surface area contributed by atoms with E-state index >= 15 is 0 Å². The Morgan fingerprint density at radius 1 is 1.06 bits per heavy atom. The molecule has 1 atom stereocenters. The second-order valence-electron chi connectivity index (χ2n) is 8.79. The number of rotatable bonds is 11. The van der Waals surface area contributed by atoms with Crippen molar-refractivity contribution in [2.75, 3.05) is 23.7 Å². The Hall–Kier alpha value is -2.58. The van der Waals surface area contributed by atoms with Crippen molar-refractivity contribution in [3.63, 3.8) is 0 Å². The maximum absolute atomic E-state index is 13.6. The molecule has 0 heterocycles. The van der Waals surface area contributed by atoms with Crippen LogP contribution in [0.25, 0.3) is 0 Å². The standard InChI is InChI=1S/C25H34ClN3O4S/c1-6-22(25(31)27-15-18(2)3)28(16-20-13-11-19(4)12-14-20)24(30)17-29(34(5,32)33)23-10-8-7-9-21(23)26/h7-14,18,22H,6,15-17H2,1-5H3,(H,27,31)/t22-/m0/s1. The summed E-state index contributed by atoms with van der Waals surface area (Å²) < 4.78 is 26.2. The Balaban J connectivity index is 2.42. The fourth-order valence-electron chi connectivity index (χ4n) is 3.48. The summed E-state index contributed by atoms with van der Waals surface area (Å²) in [7, 11) is -3.82. The van der Waals surface area contributed by atoms with Crippen molar-refractivity contribution in [3.05, 3.63) is 64.7 Å². The maximum Gasteiger partial charge on any atom is 0.244 e. The predicted molar refractivity (Wildman–Crippen MR) is 137 cm³/mol. The molecule has 0 fully saturated rings. The minimum absolute atomic E-state index is 0.173. The topological polar surface area (TPSA) is 86.8 Å². The van der Waals surface area contributed by atoms with Gasteiger partial charge in [-0.05, 0) is 37.0 Å². The molecule has 0 aliphatic rings. The van der Waals surface area contributed by atoms with Gasteiger partial charge in [-0.1, -0.05) is 74.3 Å². The lowest BCUT2D eigenvalue weighted by molar-refractivity contribution is -0.140. The van der Waals surface area contributed by atoms with E-state index in [1.807, 2.05) is 52.0 Å². The molecule has 7 nitrogen and oxygen atoms in total. The normalized spacial score (nSPS) is 12.3. The third-order valence-corrected chi connectivity index (χ3v) is 6.79. The van der Waals surface area contributed by atoms with Crippen LogP contribution >= 0.6 is 11.6 Å². The molecule has 34 heavy (non-hydrogen) atoms. The number of para-hydroxylation sites is 1. The number of amides is 2. The molecular formula is C25H34ClN3O4S. The number of carbonyl (C=O) groups excluding carboxylic acids is 2. The number of nitrogens with one attached hydrogen (secondary N) is 1. The minimum atomic E-state index is -3.82. The average molecular weight is 508 g/mol.